The number of benzene rings is 1. The summed E-state index contributed by atoms with van der Waals surface area (Å²) < 4.78 is 72.7. The number of hydrogen-bond acceptors (Lipinski definition) is 6. The molecule has 166 valence electrons. The van der Waals surface area contributed by atoms with Gasteiger partial charge < -0.3 is 9.62 Å². The van der Waals surface area contributed by atoms with Crippen molar-refractivity contribution in [3.63, 3.8) is 0 Å². The number of sulfonamides is 1. The molecule has 4 rings (SSSR count). The second-order valence-electron chi connectivity index (χ2n) is 7.15. The third-order valence-electron chi connectivity index (χ3n) is 5.06. The number of carbonyl (C=O) groups excluding carboxylic acids is 1. The van der Waals surface area contributed by atoms with Gasteiger partial charge in [-0.05, 0) is 49.6 Å². The Balaban J connectivity index is 1.72. The number of carbonyl (C=O) groups is 1. The van der Waals surface area contributed by atoms with Crippen LogP contribution in [0.15, 0.2) is 53.4 Å². The molecule has 0 aliphatic carbocycles. The summed E-state index contributed by atoms with van der Waals surface area (Å²) in [5.41, 5.74) is -1.23. The molecule has 31 heavy (non-hydrogen) atoms. The number of hydrogen-bond donors (Lipinski definition) is 2. The van der Waals surface area contributed by atoms with Gasteiger partial charge in [-0.2, -0.15) is 13.2 Å². The molecule has 0 bridgehead atoms. The first-order valence-electron chi connectivity index (χ1n) is 9.51. The number of amides is 1. The zero-order valence-electron chi connectivity index (χ0n) is 16.1. The summed E-state index contributed by atoms with van der Waals surface area (Å²) in [6, 6.07) is 2.49. The van der Waals surface area contributed by atoms with Crippen molar-refractivity contribution in [3.05, 3.63) is 64.5 Å². The van der Waals surface area contributed by atoms with Crippen LogP contribution in [0.1, 0.15) is 35.2 Å². The quantitative estimate of drug-likeness (QED) is 0.649. The van der Waals surface area contributed by atoms with Crippen LogP contribution < -0.4 is 9.44 Å². The van der Waals surface area contributed by atoms with Crippen LogP contribution >= 0.6 is 12.1 Å². The second kappa shape index (κ2) is 8.15. The number of piperidine rings is 1. The Labute approximate surface area is 182 Å². The van der Waals surface area contributed by atoms with Gasteiger partial charge in [0.2, 0.25) is 0 Å². The van der Waals surface area contributed by atoms with Crippen LogP contribution in [0.2, 0.25) is 0 Å². The SMILES string of the molecule is O=C(c1ccc(C(F)(F)F)cc1NS(=O)(=O)C1=CC=CN2SNC=C12)N1CCCCC1. The molecule has 12 heteroatoms. The van der Waals surface area contributed by atoms with Crippen molar-refractivity contribution in [1.82, 2.24) is 13.9 Å². The minimum atomic E-state index is -4.69. The lowest BCUT2D eigenvalue weighted by atomic mass is 10.1. The summed E-state index contributed by atoms with van der Waals surface area (Å²) in [5.74, 6) is -0.498. The lowest BCUT2D eigenvalue weighted by Gasteiger charge is -2.28. The van der Waals surface area contributed by atoms with Crippen LogP contribution in [-0.2, 0) is 16.2 Å². The number of alkyl halides is 3. The molecule has 0 atom stereocenters. The smallest absolute Gasteiger partial charge is 0.339 e. The Morgan fingerprint density at radius 1 is 1.16 bits per heavy atom. The van der Waals surface area contributed by atoms with Gasteiger partial charge in [0, 0.05) is 25.5 Å². The van der Waals surface area contributed by atoms with E-state index in [0.717, 1.165) is 43.5 Å². The van der Waals surface area contributed by atoms with E-state index in [1.165, 1.54) is 23.3 Å². The van der Waals surface area contributed by atoms with E-state index in [2.05, 4.69) is 9.44 Å². The minimum absolute atomic E-state index is 0.116. The van der Waals surface area contributed by atoms with Gasteiger partial charge in [-0.25, -0.2) is 8.42 Å². The molecule has 3 aliphatic heterocycles. The fraction of sp³-hybridized carbons (Fsp3) is 0.316. The highest BCUT2D eigenvalue weighted by atomic mass is 32.2. The average Bonchev–Trinajstić information content (AvgIpc) is 3.21. The van der Waals surface area contributed by atoms with Gasteiger partial charge in [0.25, 0.3) is 15.9 Å². The molecule has 0 radical (unpaired) electrons. The van der Waals surface area contributed by atoms with E-state index in [1.807, 2.05) is 0 Å². The molecule has 1 saturated heterocycles. The second-order valence-corrected chi connectivity index (χ2v) is 9.62. The summed E-state index contributed by atoms with van der Waals surface area (Å²) in [7, 11) is -4.28. The Morgan fingerprint density at radius 2 is 1.90 bits per heavy atom. The molecule has 3 heterocycles. The van der Waals surface area contributed by atoms with Crippen molar-refractivity contribution in [3.8, 4) is 0 Å². The van der Waals surface area contributed by atoms with Crippen molar-refractivity contribution in [2.45, 2.75) is 25.4 Å². The average molecular weight is 473 g/mol. The normalized spacial score (nSPS) is 18.8. The van der Waals surface area contributed by atoms with Gasteiger partial charge in [-0.1, -0.05) is 0 Å². The highest BCUT2D eigenvalue weighted by molar-refractivity contribution is 7.97. The maximum Gasteiger partial charge on any atom is 0.416 e. The predicted molar refractivity (Wildman–Crippen MR) is 112 cm³/mol. The Morgan fingerprint density at radius 3 is 2.61 bits per heavy atom. The zero-order chi connectivity index (χ0) is 22.2. The number of nitrogens with zero attached hydrogens (tertiary/aromatic N) is 2. The first-order valence-corrected chi connectivity index (χ1v) is 11.8. The first kappa shape index (κ1) is 21.6. The van der Waals surface area contributed by atoms with E-state index in [9.17, 15) is 26.4 Å². The van der Waals surface area contributed by atoms with E-state index in [1.54, 1.807) is 10.5 Å². The van der Waals surface area contributed by atoms with Gasteiger partial charge >= 0.3 is 6.18 Å². The van der Waals surface area contributed by atoms with Gasteiger partial charge in [-0.15, -0.1) is 0 Å². The van der Waals surface area contributed by atoms with Crippen LogP contribution in [0.3, 0.4) is 0 Å². The molecule has 1 aromatic carbocycles. The van der Waals surface area contributed by atoms with Crippen molar-refractivity contribution in [2.75, 3.05) is 17.8 Å². The monoisotopic (exact) mass is 472 g/mol. The molecule has 0 saturated carbocycles. The first-order chi connectivity index (χ1) is 14.7. The number of rotatable bonds is 4. The van der Waals surface area contributed by atoms with Gasteiger partial charge in [0.1, 0.15) is 4.91 Å². The minimum Gasteiger partial charge on any atom is -0.339 e. The fourth-order valence-corrected chi connectivity index (χ4v) is 5.50. The van der Waals surface area contributed by atoms with Crippen LogP contribution in [-0.4, -0.2) is 36.6 Å². The van der Waals surface area contributed by atoms with Crippen molar-refractivity contribution < 1.29 is 26.4 Å². The third kappa shape index (κ3) is 4.40. The van der Waals surface area contributed by atoms with Crippen LogP contribution in [0, 0.1) is 0 Å². The predicted octanol–water partition coefficient (Wildman–Crippen LogP) is 3.79. The van der Waals surface area contributed by atoms with Crippen LogP contribution in [0.5, 0.6) is 0 Å². The van der Waals surface area contributed by atoms with Gasteiger partial charge in [-0.3, -0.25) is 13.8 Å². The van der Waals surface area contributed by atoms with Gasteiger partial charge in [0.15, 0.2) is 0 Å². The van der Waals surface area contributed by atoms with E-state index < -0.39 is 33.4 Å². The lowest BCUT2D eigenvalue weighted by molar-refractivity contribution is -0.137. The standard InChI is InChI=1S/C19H19F3N4O3S2/c20-19(21,22)13-6-7-14(18(27)25-8-2-1-3-9-25)15(11-13)24-31(28,29)17-5-4-10-26-16(17)12-23-30-26/h4-7,10-12,23-24H,1-3,8-9H2. The molecule has 1 amide bonds. The number of likely N-dealkylation sites (tertiary alicyclic amines) is 1. The van der Waals surface area contributed by atoms with Crippen molar-refractivity contribution >= 4 is 33.8 Å². The van der Waals surface area contributed by atoms with Crippen LogP contribution in [0.4, 0.5) is 18.9 Å². The van der Waals surface area contributed by atoms with E-state index in [-0.39, 0.29) is 10.5 Å². The van der Waals surface area contributed by atoms with Crippen molar-refractivity contribution in [1.29, 1.82) is 0 Å². The molecular weight excluding hydrogens is 453 g/mol. The topological polar surface area (TPSA) is 81.8 Å². The molecule has 3 aliphatic rings. The van der Waals surface area contributed by atoms with Gasteiger partial charge in [0.05, 0.1) is 34.6 Å². The maximum absolute atomic E-state index is 13.3. The Hall–Kier alpha value is -2.60. The summed E-state index contributed by atoms with van der Waals surface area (Å²) in [6.07, 6.45) is 3.84. The number of allylic oxidation sites excluding steroid dienone is 2. The highest BCUT2D eigenvalue weighted by Crippen LogP contribution is 2.36. The maximum atomic E-state index is 13.3. The summed E-state index contributed by atoms with van der Waals surface area (Å²) in [5, 5.41) is 0. The molecule has 1 aromatic rings. The van der Waals surface area contributed by atoms with E-state index in [0.29, 0.717) is 24.9 Å². The Kier molecular flexibility index (Phi) is 5.69. The number of nitrogens with one attached hydrogen (secondary N) is 2. The number of anilines is 1. The van der Waals surface area contributed by atoms with Crippen molar-refractivity contribution in [2.24, 2.45) is 0 Å². The van der Waals surface area contributed by atoms with Crippen LogP contribution in [0.25, 0.3) is 0 Å². The fourth-order valence-electron chi connectivity index (χ4n) is 3.52. The highest BCUT2D eigenvalue weighted by Gasteiger charge is 2.35. The molecule has 0 aromatic heterocycles. The number of fused-ring (bicyclic) bond motifs is 1. The third-order valence-corrected chi connectivity index (χ3v) is 7.21. The summed E-state index contributed by atoms with van der Waals surface area (Å²) in [4.78, 5) is 14.4. The number of halogens is 3. The molecule has 1 fully saturated rings. The largest absolute Gasteiger partial charge is 0.416 e. The molecule has 2 N–H and O–H groups in total. The Bertz CT molecular complexity index is 1090. The lowest BCUT2D eigenvalue weighted by Crippen LogP contribution is -2.36. The molecular formula is C19H19F3N4O3S2. The van der Waals surface area contributed by atoms with E-state index >= 15 is 0 Å². The summed E-state index contributed by atoms with van der Waals surface area (Å²) in [6.45, 7) is 0.958. The van der Waals surface area contributed by atoms with E-state index in [4.69, 9.17) is 0 Å². The summed E-state index contributed by atoms with van der Waals surface area (Å²) >= 11 is 1.15. The molecule has 0 unspecified atom stereocenters. The molecule has 0 spiro atoms. The zero-order valence-corrected chi connectivity index (χ0v) is 17.8. The molecule has 7 nitrogen and oxygen atoms in total.